The zero-order chi connectivity index (χ0) is 17.5. The molecule has 0 saturated carbocycles. The van der Waals surface area contributed by atoms with Crippen molar-refractivity contribution in [3.05, 3.63) is 17.5 Å². The molecule has 0 aliphatic rings. The van der Waals surface area contributed by atoms with Crippen LogP contribution < -0.4 is 5.32 Å². The van der Waals surface area contributed by atoms with E-state index in [1.807, 2.05) is 31.4 Å². The average molecular weight is 369 g/mol. The van der Waals surface area contributed by atoms with Crippen molar-refractivity contribution in [2.45, 2.75) is 31.5 Å². The summed E-state index contributed by atoms with van der Waals surface area (Å²) in [5.41, 5.74) is 0. The van der Waals surface area contributed by atoms with Crippen molar-refractivity contribution < 1.29 is 18.7 Å². The van der Waals surface area contributed by atoms with Gasteiger partial charge in [-0.25, -0.2) is 4.79 Å². The van der Waals surface area contributed by atoms with Crippen LogP contribution in [-0.2, 0) is 14.3 Å². The number of thioether (sulfide) groups is 1. The van der Waals surface area contributed by atoms with Crippen molar-refractivity contribution >= 4 is 35.0 Å². The van der Waals surface area contributed by atoms with E-state index >= 15 is 0 Å². The highest BCUT2D eigenvalue weighted by Gasteiger charge is 2.26. The van der Waals surface area contributed by atoms with Crippen molar-refractivity contribution in [1.29, 1.82) is 0 Å². The molecule has 1 amide bonds. The van der Waals surface area contributed by atoms with Crippen LogP contribution in [0.15, 0.2) is 27.2 Å². The number of ether oxygens (including phenoxy) is 1. The summed E-state index contributed by atoms with van der Waals surface area (Å²) in [7, 11) is 1.31. The number of amides is 1. The maximum atomic E-state index is 12.1. The Labute approximate surface area is 148 Å². The van der Waals surface area contributed by atoms with Crippen LogP contribution in [0.25, 0.3) is 10.8 Å². The van der Waals surface area contributed by atoms with E-state index in [0.717, 1.165) is 23.1 Å². The Morgan fingerprint density at radius 1 is 1.46 bits per heavy atom. The van der Waals surface area contributed by atoms with Crippen molar-refractivity contribution in [3.8, 4) is 10.8 Å². The predicted octanol–water partition coefficient (Wildman–Crippen LogP) is 2.59. The summed E-state index contributed by atoms with van der Waals surface area (Å²) in [6.45, 7) is 3.84. The zero-order valence-corrected chi connectivity index (χ0v) is 15.3. The van der Waals surface area contributed by atoms with Crippen LogP contribution >= 0.6 is 23.1 Å². The molecular weight excluding hydrogens is 350 g/mol. The molecule has 2 aromatic rings. The standard InChI is InChI=1S/C15H19N3O4S2/c1-4-9(2)12(14(20)21-3)16-11(19)8-24-15-18-17-13(22-15)10-6-5-7-23-10/h5-7,9,12H,4,8H2,1-3H3,(H,16,19)/t9-,12-/m1/s1. The highest BCUT2D eigenvalue weighted by molar-refractivity contribution is 7.99. The zero-order valence-electron chi connectivity index (χ0n) is 13.6. The normalized spacial score (nSPS) is 13.3. The van der Waals surface area contributed by atoms with Gasteiger partial charge in [0.1, 0.15) is 6.04 Å². The second kappa shape index (κ2) is 8.84. The third-order valence-electron chi connectivity index (χ3n) is 3.45. The second-order valence-corrected chi connectivity index (χ2v) is 6.97. The molecule has 0 spiro atoms. The summed E-state index contributed by atoms with van der Waals surface area (Å²) in [6.07, 6.45) is 0.751. The first-order valence-electron chi connectivity index (χ1n) is 7.42. The summed E-state index contributed by atoms with van der Waals surface area (Å²) in [5, 5.41) is 12.8. The summed E-state index contributed by atoms with van der Waals surface area (Å²) in [6, 6.07) is 3.12. The Balaban J connectivity index is 1.89. The molecule has 24 heavy (non-hydrogen) atoms. The number of nitrogens with one attached hydrogen (secondary N) is 1. The lowest BCUT2D eigenvalue weighted by Crippen LogP contribution is -2.46. The maximum absolute atomic E-state index is 12.1. The Morgan fingerprint density at radius 2 is 2.25 bits per heavy atom. The van der Waals surface area contributed by atoms with Gasteiger partial charge in [0.2, 0.25) is 5.91 Å². The minimum absolute atomic E-state index is 0.0137. The van der Waals surface area contributed by atoms with E-state index in [1.165, 1.54) is 18.4 Å². The number of carbonyl (C=O) groups excluding carboxylic acids is 2. The number of methoxy groups -OCH3 is 1. The SMILES string of the molecule is CC[C@@H](C)[C@@H](NC(=O)CSc1nnc(-c2cccs2)o1)C(=O)OC. The van der Waals surface area contributed by atoms with E-state index in [4.69, 9.17) is 9.15 Å². The van der Waals surface area contributed by atoms with Gasteiger partial charge in [0.15, 0.2) is 0 Å². The Kier molecular flexibility index (Phi) is 6.80. The fourth-order valence-corrected chi connectivity index (χ4v) is 3.12. The van der Waals surface area contributed by atoms with Crippen molar-refractivity contribution in [2.75, 3.05) is 12.9 Å². The number of esters is 1. The average Bonchev–Trinajstić information content (AvgIpc) is 3.27. The molecule has 2 atom stereocenters. The Morgan fingerprint density at radius 3 is 2.88 bits per heavy atom. The molecule has 0 radical (unpaired) electrons. The Hall–Kier alpha value is -1.87. The number of nitrogens with zero attached hydrogens (tertiary/aromatic N) is 2. The van der Waals surface area contributed by atoms with Crippen LogP contribution in [0.1, 0.15) is 20.3 Å². The first kappa shape index (κ1) is 18.5. The maximum Gasteiger partial charge on any atom is 0.328 e. The minimum atomic E-state index is -0.655. The molecule has 0 bridgehead atoms. The van der Waals surface area contributed by atoms with Gasteiger partial charge in [-0.2, -0.15) is 0 Å². The first-order valence-corrected chi connectivity index (χ1v) is 9.29. The van der Waals surface area contributed by atoms with E-state index in [-0.39, 0.29) is 17.6 Å². The summed E-state index contributed by atoms with van der Waals surface area (Å²) < 4.78 is 10.2. The van der Waals surface area contributed by atoms with Gasteiger partial charge < -0.3 is 14.5 Å². The Bertz CT molecular complexity index is 672. The van der Waals surface area contributed by atoms with Gasteiger partial charge in [-0.15, -0.1) is 21.5 Å². The van der Waals surface area contributed by atoms with Crippen LogP contribution in [0, 0.1) is 5.92 Å². The molecular formula is C15H19N3O4S2. The smallest absolute Gasteiger partial charge is 0.328 e. The van der Waals surface area contributed by atoms with E-state index < -0.39 is 12.0 Å². The van der Waals surface area contributed by atoms with E-state index in [9.17, 15) is 9.59 Å². The second-order valence-electron chi connectivity index (χ2n) is 5.09. The molecule has 1 N–H and O–H groups in total. The number of aromatic nitrogens is 2. The molecule has 2 rings (SSSR count). The van der Waals surface area contributed by atoms with Crippen LogP contribution in [0.2, 0.25) is 0 Å². The van der Waals surface area contributed by atoms with Crippen LogP contribution in [0.3, 0.4) is 0 Å². The van der Waals surface area contributed by atoms with E-state index in [1.54, 1.807) is 0 Å². The predicted molar refractivity (Wildman–Crippen MR) is 91.7 cm³/mol. The van der Waals surface area contributed by atoms with E-state index in [2.05, 4.69) is 15.5 Å². The van der Waals surface area contributed by atoms with Crippen LogP contribution in [0.4, 0.5) is 0 Å². The summed E-state index contributed by atoms with van der Waals surface area (Å²) >= 11 is 2.62. The number of rotatable bonds is 8. The number of carbonyl (C=O) groups is 2. The highest BCUT2D eigenvalue weighted by atomic mass is 32.2. The molecule has 7 nitrogen and oxygen atoms in total. The molecule has 0 aliphatic carbocycles. The highest BCUT2D eigenvalue weighted by Crippen LogP contribution is 2.26. The molecule has 0 fully saturated rings. The van der Waals surface area contributed by atoms with Gasteiger partial charge >= 0.3 is 5.97 Å². The van der Waals surface area contributed by atoms with Gasteiger partial charge in [-0.05, 0) is 17.4 Å². The third-order valence-corrected chi connectivity index (χ3v) is 5.13. The van der Waals surface area contributed by atoms with Gasteiger partial charge in [0.25, 0.3) is 11.1 Å². The van der Waals surface area contributed by atoms with E-state index in [0.29, 0.717) is 11.1 Å². The first-order chi connectivity index (χ1) is 11.5. The monoisotopic (exact) mass is 369 g/mol. The molecule has 0 aromatic carbocycles. The molecule has 9 heteroatoms. The fourth-order valence-electron chi connectivity index (χ4n) is 1.91. The molecule has 0 unspecified atom stereocenters. The largest absolute Gasteiger partial charge is 0.467 e. The lowest BCUT2D eigenvalue weighted by Gasteiger charge is -2.21. The quantitative estimate of drug-likeness (QED) is 0.564. The molecule has 0 aliphatic heterocycles. The molecule has 130 valence electrons. The summed E-state index contributed by atoms with van der Waals surface area (Å²) in [5.74, 6) is -0.233. The minimum Gasteiger partial charge on any atom is -0.467 e. The third kappa shape index (κ3) is 4.81. The topological polar surface area (TPSA) is 94.3 Å². The van der Waals surface area contributed by atoms with Crippen LogP contribution in [-0.4, -0.2) is 41.0 Å². The van der Waals surface area contributed by atoms with Gasteiger partial charge in [-0.1, -0.05) is 38.1 Å². The number of thiophene rings is 1. The fraction of sp³-hybridized carbons (Fsp3) is 0.467. The lowest BCUT2D eigenvalue weighted by molar-refractivity contribution is -0.146. The van der Waals surface area contributed by atoms with Gasteiger partial charge in [-0.3, -0.25) is 4.79 Å². The molecule has 0 saturated heterocycles. The number of hydrogen-bond acceptors (Lipinski definition) is 8. The van der Waals surface area contributed by atoms with Crippen LogP contribution in [0.5, 0.6) is 0 Å². The lowest BCUT2D eigenvalue weighted by atomic mass is 9.99. The van der Waals surface area contributed by atoms with Gasteiger partial charge in [0.05, 0.1) is 17.7 Å². The van der Waals surface area contributed by atoms with Gasteiger partial charge in [0, 0.05) is 0 Å². The van der Waals surface area contributed by atoms with Crippen molar-refractivity contribution in [2.24, 2.45) is 5.92 Å². The molecule has 2 heterocycles. The number of hydrogen-bond donors (Lipinski definition) is 1. The van der Waals surface area contributed by atoms with Crippen molar-refractivity contribution in [1.82, 2.24) is 15.5 Å². The summed E-state index contributed by atoms with van der Waals surface area (Å²) in [4.78, 5) is 24.7. The molecule has 2 aromatic heterocycles. The van der Waals surface area contributed by atoms with Crippen molar-refractivity contribution in [3.63, 3.8) is 0 Å².